The van der Waals surface area contributed by atoms with Gasteiger partial charge in [-0.15, -0.1) is 23.1 Å². The topological polar surface area (TPSA) is 3.24 Å². The van der Waals surface area contributed by atoms with E-state index in [1.54, 1.807) is 0 Å². The highest BCUT2D eigenvalue weighted by Crippen LogP contribution is 2.39. The first kappa shape index (κ1) is 13.7. The molecule has 1 aromatic heterocycles. The molecule has 18 heavy (non-hydrogen) atoms. The molecule has 0 N–H and O–H groups in total. The van der Waals surface area contributed by atoms with Crippen molar-refractivity contribution in [3.63, 3.8) is 0 Å². The lowest BCUT2D eigenvalue weighted by Gasteiger charge is -2.28. The molecule has 2 rings (SSSR count). The van der Waals surface area contributed by atoms with Crippen LogP contribution >= 0.6 is 23.1 Å². The van der Waals surface area contributed by atoms with Gasteiger partial charge in [-0.05, 0) is 36.7 Å². The minimum atomic E-state index is 0.433. The van der Waals surface area contributed by atoms with Crippen LogP contribution in [0, 0.1) is 0 Å². The third kappa shape index (κ3) is 3.37. The summed E-state index contributed by atoms with van der Waals surface area (Å²) in [6.45, 7) is 6.63. The highest BCUT2D eigenvalue weighted by Gasteiger charge is 2.19. The van der Waals surface area contributed by atoms with Crippen LogP contribution in [0.5, 0.6) is 0 Å². The second-order valence-electron chi connectivity index (χ2n) is 4.02. The largest absolute Gasteiger partial charge is 0.287 e. The van der Waals surface area contributed by atoms with Crippen LogP contribution in [0.1, 0.15) is 24.1 Å². The fourth-order valence-corrected chi connectivity index (χ4v) is 4.19. The number of thiophene rings is 1. The Kier molecular flexibility index (Phi) is 5.29. The highest BCUT2D eigenvalue weighted by molar-refractivity contribution is 7.99. The van der Waals surface area contributed by atoms with E-state index < -0.39 is 0 Å². The Morgan fingerprint density at radius 2 is 1.78 bits per heavy atom. The molecule has 0 saturated heterocycles. The zero-order valence-electron chi connectivity index (χ0n) is 10.9. The van der Waals surface area contributed by atoms with Crippen molar-refractivity contribution in [2.75, 3.05) is 13.1 Å². The van der Waals surface area contributed by atoms with Crippen LogP contribution in [0.15, 0.2) is 52.7 Å². The van der Waals surface area contributed by atoms with E-state index in [0.29, 0.717) is 5.37 Å². The zero-order valence-corrected chi connectivity index (χ0v) is 12.5. The minimum Gasteiger partial charge on any atom is -0.287 e. The third-order valence-corrected chi connectivity index (χ3v) is 5.32. The molecule has 1 aromatic carbocycles. The third-order valence-electron chi connectivity index (χ3n) is 2.92. The maximum Gasteiger partial charge on any atom is 0.0954 e. The normalized spacial score (nSPS) is 12.8. The van der Waals surface area contributed by atoms with Gasteiger partial charge >= 0.3 is 0 Å². The summed E-state index contributed by atoms with van der Waals surface area (Å²) in [5, 5.41) is 2.60. The molecule has 3 heteroatoms. The first-order valence-corrected chi connectivity index (χ1v) is 8.10. The highest BCUT2D eigenvalue weighted by atomic mass is 32.2. The van der Waals surface area contributed by atoms with Gasteiger partial charge in [0.05, 0.1) is 5.37 Å². The molecule has 1 nitrogen and oxygen atoms in total. The summed E-state index contributed by atoms with van der Waals surface area (Å²) in [6, 6.07) is 15.0. The molecule has 1 heterocycles. The van der Waals surface area contributed by atoms with Crippen molar-refractivity contribution < 1.29 is 0 Å². The first-order chi connectivity index (χ1) is 8.85. The van der Waals surface area contributed by atoms with Gasteiger partial charge in [-0.25, -0.2) is 0 Å². The second kappa shape index (κ2) is 6.98. The van der Waals surface area contributed by atoms with E-state index in [0.717, 1.165) is 13.1 Å². The lowest BCUT2D eigenvalue weighted by atomic mass is 10.4. The molecule has 0 aliphatic rings. The lowest BCUT2D eigenvalue weighted by Crippen LogP contribution is -2.25. The summed E-state index contributed by atoms with van der Waals surface area (Å²) in [7, 11) is 0. The Labute approximate surface area is 118 Å². The number of hydrogen-bond donors (Lipinski definition) is 0. The standard InChI is InChI=1S/C15H19NS2/c1-3-16(4-2)15(14-11-8-12-17-14)18-13-9-6-5-7-10-13/h5-12,15H,3-4H2,1-2H3. The predicted octanol–water partition coefficient (Wildman–Crippen LogP) is 4.88. The van der Waals surface area contributed by atoms with Crippen molar-refractivity contribution in [2.24, 2.45) is 0 Å². The molecule has 0 fully saturated rings. The van der Waals surface area contributed by atoms with E-state index in [1.165, 1.54) is 9.77 Å². The zero-order chi connectivity index (χ0) is 12.8. The van der Waals surface area contributed by atoms with Crippen LogP contribution in [0.25, 0.3) is 0 Å². The summed E-state index contributed by atoms with van der Waals surface area (Å²) in [5.74, 6) is 0. The quantitative estimate of drug-likeness (QED) is 0.547. The van der Waals surface area contributed by atoms with Gasteiger partial charge in [-0.3, -0.25) is 4.90 Å². The smallest absolute Gasteiger partial charge is 0.0954 e. The van der Waals surface area contributed by atoms with Crippen molar-refractivity contribution in [3.8, 4) is 0 Å². The molecule has 0 radical (unpaired) electrons. The summed E-state index contributed by atoms with van der Waals surface area (Å²) < 4.78 is 0. The average Bonchev–Trinajstić information content (AvgIpc) is 2.94. The second-order valence-corrected chi connectivity index (χ2v) is 6.15. The van der Waals surface area contributed by atoms with Gasteiger partial charge in [-0.1, -0.05) is 38.1 Å². The predicted molar refractivity (Wildman–Crippen MR) is 82.3 cm³/mol. The molecule has 96 valence electrons. The van der Waals surface area contributed by atoms with Gasteiger partial charge in [0.25, 0.3) is 0 Å². The fraction of sp³-hybridized carbons (Fsp3) is 0.333. The van der Waals surface area contributed by atoms with Gasteiger partial charge in [0.2, 0.25) is 0 Å². The van der Waals surface area contributed by atoms with E-state index in [2.05, 4.69) is 66.6 Å². The molecule has 0 spiro atoms. The minimum absolute atomic E-state index is 0.433. The van der Waals surface area contributed by atoms with Crippen LogP contribution in [0.2, 0.25) is 0 Å². The van der Waals surface area contributed by atoms with Crippen LogP contribution in [0.3, 0.4) is 0 Å². The maximum absolute atomic E-state index is 2.50. The van der Waals surface area contributed by atoms with Crippen molar-refractivity contribution in [2.45, 2.75) is 24.1 Å². The lowest BCUT2D eigenvalue weighted by molar-refractivity contribution is 0.290. The Bertz CT molecular complexity index is 435. The molecule has 0 saturated carbocycles. The summed E-state index contributed by atoms with van der Waals surface area (Å²) in [4.78, 5) is 5.28. The Morgan fingerprint density at radius 3 is 2.33 bits per heavy atom. The Morgan fingerprint density at radius 1 is 1.06 bits per heavy atom. The van der Waals surface area contributed by atoms with Crippen molar-refractivity contribution in [1.29, 1.82) is 0 Å². The molecular formula is C15H19NS2. The van der Waals surface area contributed by atoms with Crippen molar-refractivity contribution in [1.82, 2.24) is 4.90 Å². The van der Waals surface area contributed by atoms with Gasteiger partial charge < -0.3 is 0 Å². The maximum atomic E-state index is 2.50. The summed E-state index contributed by atoms with van der Waals surface area (Å²) in [5.41, 5.74) is 0. The molecule has 0 aliphatic carbocycles. The van der Waals surface area contributed by atoms with E-state index in [4.69, 9.17) is 0 Å². The van der Waals surface area contributed by atoms with Crippen LogP contribution < -0.4 is 0 Å². The van der Waals surface area contributed by atoms with Gasteiger partial charge in [0, 0.05) is 9.77 Å². The van der Waals surface area contributed by atoms with Gasteiger partial charge in [0.15, 0.2) is 0 Å². The number of hydrogen-bond acceptors (Lipinski definition) is 3. The fourth-order valence-electron chi connectivity index (χ4n) is 1.93. The number of nitrogens with zero attached hydrogens (tertiary/aromatic N) is 1. The average molecular weight is 277 g/mol. The molecule has 1 unspecified atom stereocenters. The Balaban J connectivity index is 2.20. The molecule has 0 amide bonds. The van der Waals surface area contributed by atoms with Crippen LogP contribution in [0.4, 0.5) is 0 Å². The van der Waals surface area contributed by atoms with E-state index >= 15 is 0 Å². The van der Waals surface area contributed by atoms with E-state index in [1.807, 2.05) is 23.1 Å². The SMILES string of the molecule is CCN(CC)C(Sc1ccccc1)c1cccs1. The molecule has 0 bridgehead atoms. The van der Waals surface area contributed by atoms with Crippen molar-refractivity contribution >= 4 is 23.1 Å². The molecule has 0 aliphatic heterocycles. The number of rotatable bonds is 6. The molecule has 1 atom stereocenters. The monoisotopic (exact) mass is 277 g/mol. The van der Waals surface area contributed by atoms with E-state index in [9.17, 15) is 0 Å². The van der Waals surface area contributed by atoms with Gasteiger partial charge in [-0.2, -0.15) is 0 Å². The van der Waals surface area contributed by atoms with Crippen LogP contribution in [-0.2, 0) is 0 Å². The first-order valence-electron chi connectivity index (χ1n) is 6.34. The summed E-state index contributed by atoms with van der Waals surface area (Å²) in [6.07, 6.45) is 0. The number of thioether (sulfide) groups is 1. The molecule has 2 aromatic rings. The van der Waals surface area contributed by atoms with Crippen molar-refractivity contribution in [3.05, 3.63) is 52.7 Å². The van der Waals surface area contributed by atoms with Crippen LogP contribution in [-0.4, -0.2) is 18.0 Å². The van der Waals surface area contributed by atoms with Gasteiger partial charge in [0.1, 0.15) is 0 Å². The molecular weight excluding hydrogens is 258 g/mol. The number of benzene rings is 1. The summed E-state index contributed by atoms with van der Waals surface area (Å²) >= 11 is 3.79. The Hall–Kier alpha value is -0.770. The van der Waals surface area contributed by atoms with E-state index in [-0.39, 0.29) is 0 Å².